The van der Waals surface area contributed by atoms with Gasteiger partial charge in [0.25, 0.3) is 0 Å². The number of unbranched alkanes of at least 4 members (excludes halogenated alkanes) is 1. The molecule has 0 radical (unpaired) electrons. The molecule has 2 rings (SSSR count). The van der Waals surface area contributed by atoms with Crippen molar-refractivity contribution in [2.24, 2.45) is 17.8 Å². The van der Waals surface area contributed by atoms with Crippen LogP contribution in [0.15, 0.2) is 67.3 Å². The van der Waals surface area contributed by atoms with Crippen LogP contribution in [0.1, 0.15) is 72.1 Å². The number of benzene rings is 1. The Morgan fingerprint density at radius 3 is 2.36 bits per heavy atom. The average Bonchev–Trinajstić information content (AvgIpc) is 2.99. The van der Waals surface area contributed by atoms with Gasteiger partial charge in [-0.2, -0.15) is 0 Å². The number of aliphatic hydroxyl groups excluding tert-OH is 1. The number of allylic oxidation sites excluding steroid dienone is 2. The number of Topliss-reactive ketones (excluding diaryl/α,β-unsaturated/α-hetero) is 1. The van der Waals surface area contributed by atoms with Gasteiger partial charge < -0.3 is 0 Å². The van der Waals surface area contributed by atoms with Crippen molar-refractivity contribution in [1.29, 1.82) is 0 Å². The van der Waals surface area contributed by atoms with Crippen LogP contribution in [0, 0.1) is 17.8 Å². The maximum absolute atomic E-state index is 13.7. The van der Waals surface area contributed by atoms with E-state index in [1.807, 2.05) is 56.3 Å². The molecule has 0 bridgehead atoms. The van der Waals surface area contributed by atoms with Crippen LogP contribution in [-0.2, 0) is 28.7 Å². The molecule has 1 unspecified atom stereocenters. The molecular weight excluding hydrogens is 625 g/mol. The average molecular weight is 675 g/mol. The molecule has 9 heteroatoms. The van der Waals surface area contributed by atoms with Gasteiger partial charge in [-0.15, -0.1) is 0 Å². The Hall–Kier alpha value is -2.84. The zero-order chi connectivity index (χ0) is 32.6. The number of rotatable bonds is 20. The van der Waals surface area contributed by atoms with Gasteiger partial charge >= 0.3 is 230 Å². The molecule has 2 N–H and O–H groups in total. The molecule has 2 amide bonds. The van der Waals surface area contributed by atoms with E-state index in [1.165, 1.54) is 13.2 Å². The number of carbonyl (C=O) groups excluding carboxylic acids is 4. The molecular formula is C35H49NO7Se. The monoisotopic (exact) mass is 675 g/mol. The first kappa shape index (κ1) is 37.3. The van der Waals surface area contributed by atoms with Gasteiger partial charge in [-0.25, -0.2) is 0 Å². The number of nitrogens with one attached hydrogen (secondary N) is 1. The number of amides is 2. The fourth-order valence-electron chi connectivity index (χ4n) is 5.44. The van der Waals surface area contributed by atoms with Crippen molar-refractivity contribution in [1.82, 2.24) is 5.32 Å². The normalized spacial score (nSPS) is 18.3. The summed E-state index contributed by atoms with van der Waals surface area (Å²) in [5.41, 5.74) is 0.677. The van der Waals surface area contributed by atoms with Gasteiger partial charge in [-0.3, -0.25) is 14.9 Å². The summed E-state index contributed by atoms with van der Waals surface area (Å²) in [6.07, 6.45) is 7.10. The van der Waals surface area contributed by atoms with E-state index in [1.54, 1.807) is 6.92 Å². The van der Waals surface area contributed by atoms with Gasteiger partial charge in [0, 0.05) is 12.8 Å². The first-order valence-corrected chi connectivity index (χ1v) is 17.2. The standard InChI is InChI=1S/C35H49NO7Se/c1-7-9-11-19-30(44-27-16-12-10-13-17-27)35(41)43-34(25(5)33(40)29(8-2)42-6)24(4)20-23(3)28(37)18-14-15-26-21-31(38)36-32(39)22-26/h7-8,10,12-13,16-17,20,23,25-26,29-30,33-34,40H,1-2,9,11,14-15,18-19,21-22H2,3-6H3,(H,36,38,39)/b24-20+/t23-,25-,29-,30?,33-,34-/m0/s1. The molecule has 0 aromatic heterocycles. The maximum atomic E-state index is 13.7. The number of hydrogen-bond donors (Lipinski definition) is 2. The molecule has 0 spiro atoms. The third-order valence-electron chi connectivity index (χ3n) is 7.99. The first-order valence-electron chi connectivity index (χ1n) is 15.4. The Morgan fingerprint density at radius 2 is 1.77 bits per heavy atom. The van der Waals surface area contributed by atoms with Crippen LogP contribution < -0.4 is 9.78 Å². The zero-order valence-electron chi connectivity index (χ0n) is 26.5. The molecule has 0 saturated carbocycles. The number of imide groups is 1. The van der Waals surface area contributed by atoms with E-state index in [2.05, 4.69) is 18.5 Å². The minimum atomic E-state index is -1.00. The van der Waals surface area contributed by atoms with Crippen LogP contribution in [0.3, 0.4) is 0 Å². The third-order valence-corrected chi connectivity index (χ3v) is 10.6. The molecule has 1 aromatic carbocycles. The Kier molecular flexibility index (Phi) is 16.6. The van der Waals surface area contributed by atoms with Crippen LogP contribution in [0.25, 0.3) is 0 Å². The summed E-state index contributed by atoms with van der Waals surface area (Å²) in [5.74, 6) is -1.88. The second kappa shape index (κ2) is 19.5. The van der Waals surface area contributed by atoms with E-state index in [-0.39, 0.29) is 49.3 Å². The predicted octanol–water partition coefficient (Wildman–Crippen LogP) is 4.65. The van der Waals surface area contributed by atoms with Crippen LogP contribution in [0.2, 0.25) is 4.82 Å². The molecule has 8 nitrogen and oxygen atoms in total. The van der Waals surface area contributed by atoms with E-state index in [0.29, 0.717) is 44.1 Å². The second-order valence-corrected chi connectivity index (χ2v) is 14.3. The molecule has 1 aromatic rings. The minimum absolute atomic E-state index is 0.0183. The van der Waals surface area contributed by atoms with Crippen molar-refractivity contribution < 1.29 is 33.8 Å². The summed E-state index contributed by atoms with van der Waals surface area (Å²) < 4.78 is 12.7. The molecule has 1 saturated heterocycles. The molecule has 6 atom stereocenters. The molecule has 0 aliphatic carbocycles. The van der Waals surface area contributed by atoms with Crippen molar-refractivity contribution >= 4 is 43.0 Å². The van der Waals surface area contributed by atoms with Gasteiger partial charge in [0.1, 0.15) is 0 Å². The van der Waals surface area contributed by atoms with Gasteiger partial charge in [0.2, 0.25) is 11.8 Å². The summed E-state index contributed by atoms with van der Waals surface area (Å²) in [6, 6.07) is 9.90. The number of hydrogen-bond acceptors (Lipinski definition) is 7. The van der Waals surface area contributed by atoms with E-state index < -0.39 is 30.1 Å². The van der Waals surface area contributed by atoms with Crippen LogP contribution >= 0.6 is 0 Å². The Morgan fingerprint density at radius 1 is 1.11 bits per heavy atom. The number of methoxy groups -OCH3 is 1. The van der Waals surface area contributed by atoms with E-state index in [4.69, 9.17) is 9.47 Å². The van der Waals surface area contributed by atoms with Crippen LogP contribution in [-0.4, -0.2) is 69.1 Å². The number of ketones is 1. The first-order chi connectivity index (χ1) is 21.0. The second-order valence-electron chi connectivity index (χ2n) is 11.6. The zero-order valence-corrected chi connectivity index (χ0v) is 28.2. The molecule has 1 fully saturated rings. The van der Waals surface area contributed by atoms with Gasteiger partial charge in [-0.1, -0.05) is 0 Å². The number of esters is 1. The van der Waals surface area contributed by atoms with Crippen molar-refractivity contribution in [2.45, 2.75) is 95.3 Å². The van der Waals surface area contributed by atoms with Crippen molar-refractivity contribution in [2.75, 3.05) is 7.11 Å². The summed E-state index contributed by atoms with van der Waals surface area (Å²) in [6.45, 7) is 13.0. The topological polar surface area (TPSA) is 119 Å². The summed E-state index contributed by atoms with van der Waals surface area (Å²) >= 11 is -0.160. The van der Waals surface area contributed by atoms with Gasteiger partial charge in [-0.05, 0) is 0 Å². The number of carbonyl (C=O) groups is 4. The number of piperidine rings is 1. The molecule has 44 heavy (non-hydrogen) atoms. The Balaban J connectivity index is 2.20. The molecule has 1 aliphatic rings. The fourth-order valence-corrected chi connectivity index (χ4v) is 7.70. The van der Waals surface area contributed by atoms with Crippen LogP contribution in [0.4, 0.5) is 0 Å². The van der Waals surface area contributed by atoms with Crippen molar-refractivity contribution in [3.05, 3.63) is 67.3 Å². The summed E-state index contributed by atoms with van der Waals surface area (Å²) in [5, 5.41) is 13.4. The summed E-state index contributed by atoms with van der Waals surface area (Å²) in [4.78, 5) is 49.8. The van der Waals surface area contributed by atoms with Crippen molar-refractivity contribution in [3.8, 4) is 0 Å². The van der Waals surface area contributed by atoms with E-state index in [0.717, 1.165) is 17.3 Å². The molecule has 242 valence electrons. The van der Waals surface area contributed by atoms with Gasteiger partial charge in [0.05, 0.1) is 0 Å². The third kappa shape index (κ3) is 12.3. The SMILES string of the molecule is C=CCCCC([Se]c1ccccc1)C(=O)O[C@@H](/C(C)=C/[C@H](C)C(=O)CCCC1CC(=O)NC(=O)C1)[C@@H](C)[C@H](O)[C@H](C=C)OC. The predicted molar refractivity (Wildman–Crippen MR) is 173 cm³/mol. The number of ether oxygens (including phenoxy) is 2. The Bertz CT molecular complexity index is 1130. The number of aliphatic hydroxyl groups is 1. The molecule has 1 aliphatic heterocycles. The van der Waals surface area contributed by atoms with E-state index in [9.17, 15) is 24.3 Å². The van der Waals surface area contributed by atoms with Crippen molar-refractivity contribution in [3.63, 3.8) is 0 Å². The molecule has 1 heterocycles. The van der Waals surface area contributed by atoms with Crippen LogP contribution in [0.5, 0.6) is 0 Å². The van der Waals surface area contributed by atoms with Gasteiger partial charge in [0.15, 0.2) is 0 Å². The fraction of sp³-hybridized carbons (Fsp3) is 0.543. The Labute approximate surface area is 268 Å². The van der Waals surface area contributed by atoms with E-state index >= 15 is 0 Å². The quantitative estimate of drug-likeness (QED) is 0.0680. The summed E-state index contributed by atoms with van der Waals surface area (Å²) in [7, 11) is 1.49.